The summed E-state index contributed by atoms with van der Waals surface area (Å²) >= 11 is 0. The summed E-state index contributed by atoms with van der Waals surface area (Å²) in [6, 6.07) is 36.1. The van der Waals surface area contributed by atoms with Gasteiger partial charge in [0.2, 0.25) is 0 Å². The number of hydrogen-bond acceptors (Lipinski definition) is 1. The van der Waals surface area contributed by atoms with Gasteiger partial charge in [0.25, 0.3) is 0 Å². The van der Waals surface area contributed by atoms with E-state index in [0.717, 1.165) is 11.9 Å². The van der Waals surface area contributed by atoms with E-state index in [0.29, 0.717) is 0 Å². The molecule has 0 spiro atoms. The second-order valence-electron chi connectivity index (χ2n) is 8.32. The first-order valence-corrected chi connectivity index (χ1v) is 12.7. The number of ether oxygens (including phenoxy) is 1. The fourth-order valence-corrected chi connectivity index (χ4v) is 8.30. The molecule has 4 aromatic carbocycles. The Kier molecular flexibility index (Phi) is 8.14. The van der Waals surface area contributed by atoms with Gasteiger partial charge in [-0.1, -0.05) is 65.2 Å². The second-order valence-corrected chi connectivity index (χ2v) is 11.8. The van der Waals surface area contributed by atoms with Crippen molar-refractivity contribution in [3.63, 3.8) is 0 Å². The Bertz CT molecular complexity index is 1020. The van der Waals surface area contributed by atoms with Crippen LogP contribution in [0.3, 0.4) is 0 Å². The van der Waals surface area contributed by atoms with Crippen LogP contribution in [-0.4, -0.2) is 7.11 Å². The van der Waals surface area contributed by atoms with Crippen molar-refractivity contribution in [2.24, 2.45) is 0 Å². The van der Waals surface area contributed by atoms with Crippen molar-refractivity contribution in [3.8, 4) is 5.75 Å². The zero-order chi connectivity index (χ0) is 21.8. The average Bonchev–Trinajstić information content (AvgIpc) is 2.80. The minimum absolute atomic E-state index is 0. The van der Waals surface area contributed by atoms with Crippen LogP contribution in [0.2, 0.25) is 0 Å². The molecule has 0 saturated carbocycles. The van der Waals surface area contributed by atoms with Crippen LogP contribution in [0, 0.1) is 20.8 Å². The topological polar surface area (TPSA) is 9.23 Å². The van der Waals surface area contributed by atoms with Crippen molar-refractivity contribution in [1.82, 2.24) is 0 Å². The molecule has 164 valence electrons. The summed E-state index contributed by atoms with van der Waals surface area (Å²) < 4.78 is 5.40. The average molecular weight is 552 g/mol. The van der Waals surface area contributed by atoms with Gasteiger partial charge in [-0.3, -0.25) is 0 Å². The van der Waals surface area contributed by atoms with Gasteiger partial charge in [-0.25, -0.2) is 0 Å². The second kappa shape index (κ2) is 10.6. The Morgan fingerprint density at radius 1 is 0.531 bits per heavy atom. The summed E-state index contributed by atoms with van der Waals surface area (Å²) in [4.78, 5) is 0. The summed E-state index contributed by atoms with van der Waals surface area (Å²) in [6.07, 6.45) is 0.978. The van der Waals surface area contributed by atoms with Crippen LogP contribution in [0.5, 0.6) is 5.75 Å². The zero-order valence-corrected chi connectivity index (χ0v) is 22.2. The van der Waals surface area contributed by atoms with Crippen molar-refractivity contribution in [3.05, 3.63) is 119 Å². The van der Waals surface area contributed by atoms with Crippen molar-refractivity contribution in [2.75, 3.05) is 7.11 Å². The van der Waals surface area contributed by atoms with Crippen LogP contribution < -0.4 is 44.6 Å². The first kappa shape index (κ1) is 24.5. The number of halogens is 1. The van der Waals surface area contributed by atoms with Gasteiger partial charge < -0.3 is 28.7 Å². The molecular formula is C29H30IOP. The number of rotatable bonds is 6. The summed E-state index contributed by atoms with van der Waals surface area (Å²) in [5.74, 6) is 0.897. The third-order valence-corrected chi connectivity index (χ3v) is 10.4. The highest BCUT2D eigenvalue weighted by atomic mass is 127. The lowest BCUT2D eigenvalue weighted by Crippen LogP contribution is -3.00. The van der Waals surface area contributed by atoms with Crippen LogP contribution in [0.1, 0.15) is 22.3 Å². The largest absolute Gasteiger partial charge is 1.00 e. The number of methoxy groups -OCH3 is 1. The fourth-order valence-electron chi connectivity index (χ4n) is 4.12. The molecule has 0 heterocycles. The van der Waals surface area contributed by atoms with Gasteiger partial charge in [0, 0.05) is 0 Å². The standard InChI is InChI=1S/C29H30OP.HI/c1-22-5-15-27(16-6-22)31(28-17-7-23(2)8-18-28,29-19-9-24(3)10-20-29)21-25-11-13-26(30-4)14-12-25;/h5-20H,21H2,1-4H3;1H/q+1;/p-1. The van der Waals surface area contributed by atoms with Crippen LogP contribution >= 0.6 is 7.26 Å². The highest BCUT2D eigenvalue weighted by Crippen LogP contribution is 2.58. The molecule has 0 aromatic heterocycles. The lowest BCUT2D eigenvalue weighted by molar-refractivity contribution is -0.00000666. The molecule has 0 bridgehead atoms. The molecular weight excluding hydrogens is 522 g/mol. The monoisotopic (exact) mass is 552 g/mol. The Hall–Kier alpha value is -2.16. The molecule has 4 aromatic rings. The van der Waals surface area contributed by atoms with Gasteiger partial charge >= 0.3 is 0 Å². The highest BCUT2D eigenvalue weighted by molar-refractivity contribution is 7.95. The molecule has 0 aliphatic carbocycles. The van der Waals surface area contributed by atoms with Crippen LogP contribution in [0.4, 0.5) is 0 Å². The molecule has 0 atom stereocenters. The van der Waals surface area contributed by atoms with Gasteiger partial charge in [-0.05, 0) is 74.9 Å². The minimum Gasteiger partial charge on any atom is -1.00 e. The third kappa shape index (κ3) is 5.08. The van der Waals surface area contributed by atoms with Crippen LogP contribution in [0.25, 0.3) is 0 Å². The Morgan fingerprint density at radius 3 is 1.19 bits per heavy atom. The van der Waals surface area contributed by atoms with Gasteiger partial charge in [0.05, 0.1) is 13.3 Å². The van der Waals surface area contributed by atoms with Gasteiger partial charge in [-0.2, -0.15) is 0 Å². The van der Waals surface area contributed by atoms with Crippen molar-refractivity contribution < 1.29 is 28.7 Å². The van der Waals surface area contributed by atoms with Crippen molar-refractivity contribution in [2.45, 2.75) is 26.9 Å². The SMILES string of the molecule is COc1ccc(C[P+](c2ccc(C)cc2)(c2ccc(C)cc2)c2ccc(C)cc2)cc1.[I-]. The van der Waals surface area contributed by atoms with Gasteiger partial charge in [0.15, 0.2) is 0 Å². The smallest absolute Gasteiger partial charge is 0.118 e. The Balaban J connectivity index is 0.00000289. The highest BCUT2D eigenvalue weighted by Gasteiger charge is 2.45. The predicted molar refractivity (Wildman–Crippen MR) is 136 cm³/mol. The van der Waals surface area contributed by atoms with Crippen molar-refractivity contribution in [1.29, 1.82) is 0 Å². The summed E-state index contributed by atoms with van der Waals surface area (Å²) in [5.41, 5.74) is 5.20. The normalized spacial score (nSPS) is 11.0. The summed E-state index contributed by atoms with van der Waals surface area (Å²) in [7, 11) is -0.180. The maximum Gasteiger partial charge on any atom is 0.118 e. The molecule has 0 amide bonds. The van der Waals surface area contributed by atoms with E-state index in [1.54, 1.807) is 7.11 Å². The predicted octanol–water partition coefficient (Wildman–Crippen LogP) is 3.12. The number of benzene rings is 4. The summed E-state index contributed by atoms with van der Waals surface area (Å²) in [6.45, 7) is 6.47. The summed E-state index contributed by atoms with van der Waals surface area (Å²) in [5, 5.41) is 4.25. The zero-order valence-electron chi connectivity index (χ0n) is 19.2. The first-order valence-electron chi connectivity index (χ1n) is 10.7. The molecule has 0 N–H and O–H groups in total. The molecule has 0 aliphatic heterocycles. The maximum atomic E-state index is 5.40. The molecule has 32 heavy (non-hydrogen) atoms. The molecule has 0 unspecified atom stereocenters. The lowest BCUT2D eigenvalue weighted by atomic mass is 10.2. The lowest BCUT2D eigenvalue weighted by Gasteiger charge is -2.28. The van der Waals surface area contributed by atoms with Crippen LogP contribution in [-0.2, 0) is 6.16 Å². The maximum absolute atomic E-state index is 5.40. The first-order chi connectivity index (χ1) is 15.0. The van der Waals surface area contributed by atoms with E-state index >= 15 is 0 Å². The van der Waals surface area contributed by atoms with E-state index in [1.165, 1.54) is 38.2 Å². The quantitative estimate of drug-likeness (QED) is 0.264. The molecule has 0 fully saturated rings. The van der Waals surface area contributed by atoms with Crippen LogP contribution in [0.15, 0.2) is 97.1 Å². The minimum atomic E-state index is -1.90. The van der Waals surface area contributed by atoms with Gasteiger partial charge in [-0.15, -0.1) is 0 Å². The van der Waals surface area contributed by atoms with E-state index in [4.69, 9.17) is 4.74 Å². The van der Waals surface area contributed by atoms with E-state index in [9.17, 15) is 0 Å². The Labute approximate surface area is 210 Å². The molecule has 0 radical (unpaired) electrons. The van der Waals surface area contributed by atoms with E-state index in [2.05, 4.69) is 118 Å². The van der Waals surface area contributed by atoms with Crippen molar-refractivity contribution >= 4 is 23.2 Å². The number of hydrogen-bond donors (Lipinski definition) is 0. The number of aryl methyl sites for hydroxylation is 3. The Morgan fingerprint density at radius 2 is 0.875 bits per heavy atom. The van der Waals surface area contributed by atoms with E-state index in [1.807, 2.05) is 0 Å². The fraction of sp³-hybridized carbons (Fsp3) is 0.172. The van der Waals surface area contributed by atoms with E-state index in [-0.39, 0.29) is 24.0 Å². The van der Waals surface area contributed by atoms with E-state index < -0.39 is 7.26 Å². The molecule has 4 rings (SSSR count). The molecule has 1 nitrogen and oxygen atoms in total. The third-order valence-electron chi connectivity index (χ3n) is 6.00. The molecule has 0 saturated heterocycles. The molecule has 3 heteroatoms. The van der Waals surface area contributed by atoms with Gasteiger partial charge in [0.1, 0.15) is 28.9 Å². The molecule has 0 aliphatic rings.